The number of nitrogens with zero attached hydrogens (tertiary/aromatic N) is 3. The maximum Gasteiger partial charge on any atom is 0.317 e. The van der Waals surface area contributed by atoms with Crippen LogP contribution in [0.4, 0.5) is 10.5 Å². The quantitative estimate of drug-likeness (QED) is 0.565. The van der Waals surface area contributed by atoms with Crippen LogP contribution >= 0.6 is 0 Å². The van der Waals surface area contributed by atoms with Crippen molar-refractivity contribution in [1.82, 2.24) is 15.1 Å². The number of urea groups is 1. The highest BCUT2D eigenvalue weighted by Gasteiger charge is 2.34. The lowest BCUT2D eigenvalue weighted by Gasteiger charge is -2.40. The van der Waals surface area contributed by atoms with E-state index in [1.54, 1.807) is 4.90 Å². The van der Waals surface area contributed by atoms with Crippen LogP contribution in [0, 0.1) is 0 Å². The van der Waals surface area contributed by atoms with Gasteiger partial charge in [0.1, 0.15) is 13.2 Å². The number of piperazine rings is 1. The average molecular weight is 513 g/mol. The van der Waals surface area contributed by atoms with Crippen LogP contribution in [0.1, 0.15) is 23.6 Å². The zero-order chi connectivity index (χ0) is 25.9. The molecule has 0 aromatic heterocycles. The molecule has 0 saturated carbocycles. The van der Waals surface area contributed by atoms with Gasteiger partial charge in [0.25, 0.3) is 0 Å². The lowest BCUT2D eigenvalue weighted by molar-refractivity contribution is -0.117. The van der Waals surface area contributed by atoms with Crippen molar-refractivity contribution in [2.45, 2.75) is 18.5 Å². The zero-order valence-corrected chi connectivity index (χ0v) is 21.3. The number of amides is 3. The number of hydrogen-bond donors (Lipinski definition) is 1. The topological polar surface area (TPSA) is 74.3 Å². The first-order valence-corrected chi connectivity index (χ1v) is 13.2. The number of benzene rings is 3. The Bertz CT molecular complexity index is 1240. The molecule has 2 fully saturated rings. The Hall–Kier alpha value is -4.04. The standard InChI is InChI=1S/C30H32N4O4/c35-28-19-24(21-34(28)25-11-12-26-27(20-25)38-18-17-37-26)31-30(36)33-15-13-32(14-16-33)29(22-7-3-1-4-8-22)23-9-5-2-6-10-23/h1-12,20,24,29H,13-19,21H2,(H,31,36). The highest BCUT2D eigenvalue weighted by atomic mass is 16.6. The number of carbonyl (C=O) groups is 2. The smallest absolute Gasteiger partial charge is 0.317 e. The van der Waals surface area contributed by atoms with Crippen molar-refractivity contribution in [1.29, 1.82) is 0 Å². The van der Waals surface area contributed by atoms with Gasteiger partial charge in [-0.05, 0) is 23.3 Å². The second-order valence-corrected chi connectivity index (χ2v) is 9.93. The van der Waals surface area contributed by atoms with Crippen LogP contribution in [0.5, 0.6) is 11.5 Å². The first-order chi connectivity index (χ1) is 18.7. The molecule has 3 heterocycles. The van der Waals surface area contributed by atoms with Gasteiger partial charge in [0.05, 0.1) is 12.1 Å². The maximum absolute atomic E-state index is 13.1. The minimum absolute atomic E-state index is 0.00892. The second kappa shape index (κ2) is 10.8. The van der Waals surface area contributed by atoms with E-state index >= 15 is 0 Å². The Morgan fingerprint density at radius 1 is 0.816 bits per heavy atom. The van der Waals surface area contributed by atoms with E-state index in [1.165, 1.54) is 11.1 Å². The van der Waals surface area contributed by atoms with E-state index in [0.29, 0.717) is 44.3 Å². The van der Waals surface area contributed by atoms with Crippen LogP contribution in [0.2, 0.25) is 0 Å². The van der Waals surface area contributed by atoms with Gasteiger partial charge in [-0.1, -0.05) is 60.7 Å². The summed E-state index contributed by atoms with van der Waals surface area (Å²) < 4.78 is 11.3. The van der Waals surface area contributed by atoms with E-state index in [-0.39, 0.29) is 30.4 Å². The summed E-state index contributed by atoms with van der Waals surface area (Å²) in [7, 11) is 0. The molecule has 1 N–H and O–H groups in total. The fourth-order valence-corrected chi connectivity index (χ4v) is 5.59. The summed E-state index contributed by atoms with van der Waals surface area (Å²) in [5.74, 6) is 1.33. The molecule has 3 aliphatic rings. The lowest BCUT2D eigenvalue weighted by Crippen LogP contribution is -2.54. The number of ether oxygens (including phenoxy) is 2. The third-order valence-electron chi connectivity index (χ3n) is 7.49. The highest BCUT2D eigenvalue weighted by molar-refractivity contribution is 5.97. The molecule has 3 aromatic rings. The van der Waals surface area contributed by atoms with Crippen molar-refractivity contribution in [2.24, 2.45) is 0 Å². The molecule has 1 unspecified atom stereocenters. The molecule has 0 aliphatic carbocycles. The molecule has 3 aliphatic heterocycles. The molecule has 3 aromatic carbocycles. The summed E-state index contributed by atoms with van der Waals surface area (Å²) in [6.45, 7) is 4.27. The molecule has 0 spiro atoms. The van der Waals surface area contributed by atoms with Crippen molar-refractivity contribution in [2.75, 3.05) is 50.8 Å². The fourth-order valence-electron chi connectivity index (χ4n) is 5.59. The number of nitrogens with one attached hydrogen (secondary N) is 1. The van der Waals surface area contributed by atoms with Crippen LogP contribution in [0.3, 0.4) is 0 Å². The molecule has 2 saturated heterocycles. The summed E-state index contributed by atoms with van der Waals surface area (Å²) in [5, 5.41) is 3.10. The molecule has 0 bridgehead atoms. The van der Waals surface area contributed by atoms with E-state index in [2.05, 4.69) is 58.7 Å². The van der Waals surface area contributed by atoms with Crippen LogP contribution < -0.4 is 19.7 Å². The van der Waals surface area contributed by atoms with Crippen LogP contribution in [0.15, 0.2) is 78.9 Å². The summed E-state index contributed by atoms with van der Waals surface area (Å²) >= 11 is 0. The van der Waals surface area contributed by atoms with Crippen LogP contribution in [0.25, 0.3) is 0 Å². The Morgan fingerprint density at radius 3 is 2.11 bits per heavy atom. The van der Waals surface area contributed by atoms with Gasteiger partial charge in [-0.25, -0.2) is 4.79 Å². The van der Waals surface area contributed by atoms with Gasteiger partial charge in [-0.2, -0.15) is 0 Å². The number of hydrogen-bond acceptors (Lipinski definition) is 5. The summed E-state index contributed by atoms with van der Waals surface area (Å²) in [5.41, 5.74) is 3.26. The Balaban J connectivity index is 1.07. The third-order valence-corrected chi connectivity index (χ3v) is 7.49. The van der Waals surface area contributed by atoms with Gasteiger partial charge in [-0.3, -0.25) is 9.69 Å². The van der Waals surface area contributed by atoms with Gasteiger partial charge >= 0.3 is 6.03 Å². The molecular weight excluding hydrogens is 480 g/mol. The molecule has 0 radical (unpaired) electrons. The van der Waals surface area contributed by atoms with Gasteiger partial charge in [-0.15, -0.1) is 0 Å². The first-order valence-electron chi connectivity index (χ1n) is 13.2. The zero-order valence-electron chi connectivity index (χ0n) is 21.3. The maximum atomic E-state index is 13.1. The first kappa shape index (κ1) is 24.3. The Morgan fingerprint density at radius 2 is 1.45 bits per heavy atom. The van der Waals surface area contributed by atoms with E-state index in [9.17, 15) is 9.59 Å². The van der Waals surface area contributed by atoms with Gasteiger partial charge in [0, 0.05) is 50.9 Å². The molecule has 38 heavy (non-hydrogen) atoms. The fraction of sp³-hybridized carbons (Fsp3) is 0.333. The van der Waals surface area contributed by atoms with E-state index in [4.69, 9.17) is 9.47 Å². The SMILES string of the molecule is O=C(NC1CC(=O)N(c2ccc3c(c2)OCCO3)C1)N1CCN(C(c2ccccc2)c2ccccc2)CC1. The van der Waals surface area contributed by atoms with Gasteiger partial charge in [0.15, 0.2) is 11.5 Å². The summed E-state index contributed by atoms with van der Waals surface area (Å²) in [6, 6.07) is 26.4. The highest BCUT2D eigenvalue weighted by Crippen LogP contribution is 2.35. The van der Waals surface area contributed by atoms with Crippen molar-refractivity contribution >= 4 is 17.6 Å². The number of anilines is 1. The van der Waals surface area contributed by atoms with E-state index in [0.717, 1.165) is 18.8 Å². The van der Waals surface area contributed by atoms with E-state index in [1.807, 2.05) is 35.2 Å². The predicted octanol–water partition coefficient (Wildman–Crippen LogP) is 3.68. The average Bonchev–Trinajstić information content (AvgIpc) is 3.34. The largest absolute Gasteiger partial charge is 0.486 e. The molecule has 8 heteroatoms. The predicted molar refractivity (Wildman–Crippen MR) is 145 cm³/mol. The van der Waals surface area contributed by atoms with Crippen molar-refractivity contribution in [3.63, 3.8) is 0 Å². The van der Waals surface area contributed by atoms with Crippen molar-refractivity contribution in [3.05, 3.63) is 90.0 Å². The lowest BCUT2D eigenvalue weighted by atomic mass is 9.96. The molecule has 1 atom stereocenters. The summed E-state index contributed by atoms with van der Waals surface area (Å²) in [6.07, 6.45) is 0.282. The molecule has 6 rings (SSSR count). The Kier molecular flexibility index (Phi) is 6.88. The van der Waals surface area contributed by atoms with E-state index < -0.39 is 0 Å². The second-order valence-electron chi connectivity index (χ2n) is 9.93. The minimum Gasteiger partial charge on any atom is -0.486 e. The normalized spacial score (nSPS) is 19.6. The molecular formula is C30H32N4O4. The van der Waals surface area contributed by atoms with Crippen molar-refractivity contribution in [3.8, 4) is 11.5 Å². The van der Waals surface area contributed by atoms with Gasteiger partial charge in [0.2, 0.25) is 5.91 Å². The summed E-state index contributed by atoms with van der Waals surface area (Å²) in [4.78, 5) is 31.9. The monoisotopic (exact) mass is 512 g/mol. The van der Waals surface area contributed by atoms with Crippen LogP contribution in [-0.2, 0) is 4.79 Å². The number of carbonyl (C=O) groups excluding carboxylic acids is 2. The minimum atomic E-state index is -0.234. The number of rotatable bonds is 5. The van der Waals surface area contributed by atoms with Crippen LogP contribution in [-0.4, -0.2) is 73.7 Å². The molecule has 3 amide bonds. The van der Waals surface area contributed by atoms with Crippen molar-refractivity contribution < 1.29 is 19.1 Å². The molecule has 196 valence electrons. The van der Waals surface area contributed by atoms with Gasteiger partial charge < -0.3 is 24.6 Å². The number of fused-ring (bicyclic) bond motifs is 1. The Labute approximate surface area is 222 Å². The molecule has 8 nitrogen and oxygen atoms in total. The third kappa shape index (κ3) is 5.04.